The molecule has 0 fully saturated rings. The van der Waals surface area contributed by atoms with Crippen LogP contribution in [-0.4, -0.2) is 12.5 Å². The fourth-order valence-corrected chi connectivity index (χ4v) is 1.92. The second-order valence-electron chi connectivity index (χ2n) is 4.01. The number of anilines is 2. The van der Waals surface area contributed by atoms with Gasteiger partial charge in [-0.15, -0.1) is 0 Å². The number of amides is 1. The number of rotatable bonds is 4. The molecule has 0 saturated carbocycles. The molecule has 2 aromatic carbocycles. The van der Waals surface area contributed by atoms with Crippen LogP contribution in [-0.2, 0) is 4.79 Å². The molecule has 0 aromatic heterocycles. The van der Waals surface area contributed by atoms with Gasteiger partial charge in [0.1, 0.15) is 5.82 Å². The van der Waals surface area contributed by atoms with Gasteiger partial charge in [0.25, 0.3) is 0 Å². The van der Waals surface area contributed by atoms with Crippen molar-refractivity contribution in [3.05, 3.63) is 58.3 Å². The highest BCUT2D eigenvalue weighted by Gasteiger charge is 2.07. The lowest BCUT2D eigenvalue weighted by atomic mass is 10.3. The number of halogens is 3. The third-order valence-corrected chi connectivity index (χ3v) is 3.08. The Morgan fingerprint density at radius 3 is 2.60 bits per heavy atom. The van der Waals surface area contributed by atoms with Gasteiger partial charge < -0.3 is 10.6 Å². The highest BCUT2D eigenvalue weighted by atomic mass is 35.5. The zero-order chi connectivity index (χ0) is 14.5. The van der Waals surface area contributed by atoms with Crippen LogP contribution in [0.2, 0.25) is 10.0 Å². The fourth-order valence-electron chi connectivity index (χ4n) is 1.57. The van der Waals surface area contributed by atoms with Crippen LogP contribution in [0.15, 0.2) is 42.5 Å². The first kappa shape index (κ1) is 14.6. The Hall–Kier alpha value is -1.78. The smallest absolute Gasteiger partial charge is 0.243 e. The van der Waals surface area contributed by atoms with Crippen molar-refractivity contribution in [3.8, 4) is 0 Å². The van der Waals surface area contributed by atoms with Gasteiger partial charge in [-0.2, -0.15) is 0 Å². The summed E-state index contributed by atoms with van der Waals surface area (Å²) in [4.78, 5) is 11.7. The van der Waals surface area contributed by atoms with E-state index in [1.807, 2.05) is 0 Å². The predicted octanol–water partition coefficient (Wildman–Crippen LogP) is 4.18. The maximum atomic E-state index is 13.4. The number of hydrogen-bond donors (Lipinski definition) is 2. The van der Waals surface area contributed by atoms with E-state index < -0.39 is 5.82 Å². The average Bonchev–Trinajstić information content (AvgIpc) is 2.42. The number of nitrogens with one attached hydrogen (secondary N) is 2. The molecule has 0 saturated heterocycles. The van der Waals surface area contributed by atoms with E-state index in [9.17, 15) is 9.18 Å². The summed E-state index contributed by atoms with van der Waals surface area (Å²) in [5.74, 6) is -0.808. The van der Waals surface area contributed by atoms with Crippen molar-refractivity contribution in [1.29, 1.82) is 0 Å². The molecule has 2 aromatic rings. The van der Waals surface area contributed by atoms with Crippen LogP contribution in [0, 0.1) is 5.82 Å². The van der Waals surface area contributed by atoms with Gasteiger partial charge in [-0.1, -0.05) is 35.3 Å². The Bertz CT molecular complexity index is 634. The molecule has 6 heteroatoms. The molecule has 3 nitrogen and oxygen atoms in total. The lowest BCUT2D eigenvalue weighted by Crippen LogP contribution is -2.22. The maximum absolute atomic E-state index is 13.4. The minimum absolute atomic E-state index is 0.0948. The number of para-hydroxylation sites is 1. The van der Waals surface area contributed by atoms with Gasteiger partial charge in [0.15, 0.2) is 0 Å². The maximum Gasteiger partial charge on any atom is 0.243 e. The molecule has 2 N–H and O–H groups in total. The van der Waals surface area contributed by atoms with Crippen molar-refractivity contribution in [1.82, 2.24) is 0 Å². The van der Waals surface area contributed by atoms with Crippen LogP contribution in [0.4, 0.5) is 15.8 Å². The SMILES string of the molecule is O=C(CNc1cc(Cl)ccc1F)Nc1ccccc1Cl. The van der Waals surface area contributed by atoms with Crippen molar-refractivity contribution in [2.24, 2.45) is 0 Å². The molecule has 0 aliphatic carbocycles. The predicted molar refractivity (Wildman–Crippen MR) is 80.0 cm³/mol. The molecule has 0 aliphatic heterocycles. The van der Waals surface area contributed by atoms with Gasteiger partial charge in [-0.3, -0.25) is 4.79 Å². The van der Waals surface area contributed by atoms with Crippen molar-refractivity contribution < 1.29 is 9.18 Å². The minimum Gasteiger partial charge on any atom is -0.374 e. The summed E-state index contributed by atoms with van der Waals surface area (Å²) in [6, 6.07) is 11.0. The highest BCUT2D eigenvalue weighted by molar-refractivity contribution is 6.33. The standard InChI is InChI=1S/C14H11Cl2FN2O/c15-9-5-6-11(17)13(7-9)18-8-14(20)19-12-4-2-1-3-10(12)16/h1-7,18H,8H2,(H,19,20). The number of carbonyl (C=O) groups is 1. The van der Waals surface area contributed by atoms with Crippen molar-refractivity contribution in [3.63, 3.8) is 0 Å². The minimum atomic E-state index is -0.472. The molecule has 0 heterocycles. The van der Waals surface area contributed by atoms with Crippen LogP contribution in [0.5, 0.6) is 0 Å². The lowest BCUT2D eigenvalue weighted by molar-refractivity contribution is -0.114. The lowest BCUT2D eigenvalue weighted by Gasteiger charge is -2.09. The number of hydrogen-bond acceptors (Lipinski definition) is 2. The van der Waals surface area contributed by atoms with E-state index in [1.165, 1.54) is 18.2 Å². The summed E-state index contributed by atoms with van der Waals surface area (Å²) in [5.41, 5.74) is 0.680. The summed E-state index contributed by atoms with van der Waals surface area (Å²) in [6.07, 6.45) is 0. The largest absolute Gasteiger partial charge is 0.374 e. The Kier molecular flexibility index (Phi) is 4.82. The summed E-state index contributed by atoms with van der Waals surface area (Å²) >= 11 is 11.7. The quantitative estimate of drug-likeness (QED) is 0.889. The van der Waals surface area contributed by atoms with Gasteiger partial charge in [0, 0.05) is 5.02 Å². The van der Waals surface area contributed by atoms with Crippen LogP contribution >= 0.6 is 23.2 Å². The molecule has 0 radical (unpaired) electrons. The van der Waals surface area contributed by atoms with Gasteiger partial charge in [-0.25, -0.2) is 4.39 Å². The van der Waals surface area contributed by atoms with Gasteiger partial charge >= 0.3 is 0 Å². The van der Waals surface area contributed by atoms with Crippen molar-refractivity contribution in [2.45, 2.75) is 0 Å². The normalized spacial score (nSPS) is 10.2. The third kappa shape index (κ3) is 3.85. The summed E-state index contributed by atoms with van der Waals surface area (Å²) in [5, 5.41) is 6.13. The molecule has 104 valence electrons. The van der Waals surface area contributed by atoms with E-state index in [0.717, 1.165) is 0 Å². The Labute approximate surface area is 125 Å². The summed E-state index contributed by atoms with van der Waals surface area (Å²) in [7, 11) is 0. The molecule has 0 spiro atoms. The molecular weight excluding hydrogens is 302 g/mol. The summed E-state index contributed by atoms with van der Waals surface area (Å²) in [6.45, 7) is -0.0948. The molecule has 0 atom stereocenters. The number of benzene rings is 2. The van der Waals surface area contributed by atoms with E-state index in [4.69, 9.17) is 23.2 Å². The second kappa shape index (κ2) is 6.59. The summed E-state index contributed by atoms with van der Waals surface area (Å²) < 4.78 is 13.4. The Balaban J connectivity index is 1.96. The third-order valence-electron chi connectivity index (χ3n) is 2.52. The topological polar surface area (TPSA) is 41.1 Å². The molecular formula is C14H11Cl2FN2O. The van der Waals surface area contributed by atoms with Crippen LogP contribution in [0.1, 0.15) is 0 Å². The zero-order valence-electron chi connectivity index (χ0n) is 10.3. The van der Waals surface area contributed by atoms with E-state index in [1.54, 1.807) is 24.3 Å². The zero-order valence-corrected chi connectivity index (χ0v) is 11.8. The number of carbonyl (C=O) groups excluding carboxylic acids is 1. The van der Waals surface area contributed by atoms with Crippen LogP contribution < -0.4 is 10.6 Å². The molecule has 0 aliphatic rings. The Morgan fingerprint density at radius 1 is 1.10 bits per heavy atom. The first-order chi connectivity index (χ1) is 9.56. The fraction of sp³-hybridized carbons (Fsp3) is 0.0714. The molecule has 2 rings (SSSR count). The van der Waals surface area contributed by atoms with Crippen molar-refractivity contribution in [2.75, 3.05) is 17.2 Å². The van der Waals surface area contributed by atoms with E-state index in [-0.39, 0.29) is 18.1 Å². The molecule has 1 amide bonds. The monoisotopic (exact) mass is 312 g/mol. The van der Waals surface area contributed by atoms with Crippen LogP contribution in [0.3, 0.4) is 0 Å². The molecule has 0 bridgehead atoms. The molecule has 0 unspecified atom stereocenters. The van der Waals surface area contributed by atoms with Gasteiger partial charge in [-0.05, 0) is 30.3 Å². The van der Waals surface area contributed by atoms with Crippen LogP contribution in [0.25, 0.3) is 0 Å². The highest BCUT2D eigenvalue weighted by Crippen LogP contribution is 2.21. The second-order valence-corrected chi connectivity index (χ2v) is 4.85. The van der Waals surface area contributed by atoms with E-state index in [2.05, 4.69) is 10.6 Å². The van der Waals surface area contributed by atoms with E-state index >= 15 is 0 Å². The molecule has 20 heavy (non-hydrogen) atoms. The average molecular weight is 313 g/mol. The first-order valence-electron chi connectivity index (χ1n) is 5.79. The van der Waals surface area contributed by atoms with E-state index in [0.29, 0.717) is 15.7 Å². The first-order valence-corrected chi connectivity index (χ1v) is 6.55. The van der Waals surface area contributed by atoms with Gasteiger partial charge in [0.05, 0.1) is 22.9 Å². The van der Waals surface area contributed by atoms with Crippen molar-refractivity contribution >= 4 is 40.5 Å². The Morgan fingerprint density at radius 2 is 1.85 bits per heavy atom. The van der Waals surface area contributed by atoms with Gasteiger partial charge in [0.2, 0.25) is 5.91 Å².